The molecule has 56 heavy (non-hydrogen) atoms. The molecular formula is C50H31N5O. The summed E-state index contributed by atoms with van der Waals surface area (Å²) in [6, 6.07) is 66.3. The lowest BCUT2D eigenvalue weighted by Gasteiger charge is -2.16. The molecule has 0 atom stereocenters. The Kier molecular flexibility index (Phi) is 6.53. The van der Waals surface area contributed by atoms with Crippen LogP contribution in [-0.4, -0.2) is 24.1 Å². The number of furan rings is 1. The molecule has 6 nitrogen and oxygen atoms in total. The second kappa shape index (κ2) is 11.9. The Morgan fingerprint density at radius 3 is 1.68 bits per heavy atom. The third-order valence-electron chi connectivity index (χ3n) is 11.2. The van der Waals surface area contributed by atoms with Gasteiger partial charge in [-0.15, -0.1) is 5.10 Å². The van der Waals surface area contributed by atoms with Crippen LogP contribution in [0, 0.1) is 0 Å². The van der Waals surface area contributed by atoms with Gasteiger partial charge in [0.2, 0.25) is 0 Å². The van der Waals surface area contributed by atoms with E-state index >= 15 is 0 Å². The van der Waals surface area contributed by atoms with Crippen LogP contribution >= 0.6 is 0 Å². The van der Waals surface area contributed by atoms with Gasteiger partial charge in [-0.2, -0.15) is 0 Å². The predicted molar refractivity (Wildman–Crippen MR) is 228 cm³/mol. The van der Waals surface area contributed by atoms with Crippen LogP contribution in [0.3, 0.4) is 0 Å². The van der Waals surface area contributed by atoms with Gasteiger partial charge in [-0.3, -0.25) is 0 Å². The quantitative estimate of drug-likeness (QED) is 0.178. The fourth-order valence-corrected chi connectivity index (χ4v) is 8.75. The zero-order valence-electron chi connectivity index (χ0n) is 30.0. The fraction of sp³-hybridized carbons (Fsp3) is 0. The maximum atomic E-state index is 6.45. The van der Waals surface area contributed by atoms with Crippen molar-refractivity contribution in [1.29, 1.82) is 0 Å². The van der Waals surface area contributed by atoms with Gasteiger partial charge in [0.15, 0.2) is 0 Å². The highest BCUT2D eigenvalue weighted by Crippen LogP contribution is 2.42. The standard InChI is InChI=1S/C50H31N5O/c1-3-15-32(16-4-1)49-50(55(52-51-49)34-17-5-2-6-18-34)33-27-28-43-38(29-33)35-19-7-10-22-41(35)53(43)44-24-12-13-25-45(44)54-42-23-11-8-20-36(42)39-30-40-37-21-9-14-26-47(37)56-48(40)31-46(39)54/h1-31H. The summed E-state index contributed by atoms with van der Waals surface area (Å²) in [7, 11) is 0. The average Bonchev–Trinajstić information content (AvgIpc) is 4.03. The maximum absolute atomic E-state index is 6.45. The number of hydrogen-bond donors (Lipinski definition) is 0. The van der Waals surface area contributed by atoms with E-state index in [1.807, 2.05) is 53.2 Å². The van der Waals surface area contributed by atoms with Crippen LogP contribution < -0.4 is 0 Å². The Morgan fingerprint density at radius 1 is 0.375 bits per heavy atom. The Labute approximate surface area is 320 Å². The van der Waals surface area contributed by atoms with Crippen LogP contribution in [0.4, 0.5) is 0 Å². The Hall–Kier alpha value is -7.70. The smallest absolute Gasteiger partial charge is 0.137 e. The highest BCUT2D eigenvalue weighted by molar-refractivity contribution is 6.18. The number of rotatable bonds is 5. The third kappa shape index (κ3) is 4.44. The highest BCUT2D eigenvalue weighted by atomic mass is 16.3. The molecule has 0 fully saturated rings. The monoisotopic (exact) mass is 717 g/mol. The van der Waals surface area contributed by atoms with E-state index in [1.54, 1.807) is 0 Å². The molecule has 12 rings (SSSR count). The zero-order valence-corrected chi connectivity index (χ0v) is 30.0. The summed E-state index contributed by atoms with van der Waals surface area (Å²) in [5, 5.41) is 16.4. The van der Waals surface area contributed by atoms with Crippen LogP contribution in [-0.2, 0) is 0 Å². The van der Waals surface area contributed by atoms with E-state index in [-0.39, 0.29) is 0 Å². The average molecular weight is 718 g/mol. The molecule has 8 aromatic carbocycles. The molecule has 0 unspecified atom stereocenters. The molecule has 4 heterocycles. The van der Waals surface area contributed by atoms with Gasteiger partial charge in [-0.25, -0.2) is 4.68 Å². The fourth-order valence-electron chi connectivity index (χ4n) is 8.75. The van der Waals surface area contributed by atoms with Crippen molar-refractivity contribution in [3.05, 3.63) is 188 Å². The van der Waals surface area contributed by atoms with Crippen molar-refractivity contribution in [2.24, 2.45) is 0 Å². The molecule has 0 amide bonds. The van der Waals surface area contributed by atoms with Gasteiger partial charge in [-0.05, 0) is 60.7 Å². The summed E-state index contributed by atoms with van der Waals surface area (Å²) in [5.41, 5.74) is 13.2. The molecule has 0 radical (unpaired) electrons. The molecule has 0 aliphatic heterocycles. The van der Waals surface area contributed by atoms with E-state index in [1.165, 1.54) is 16.2 Å². The largest absolute Gasteiger partial charge is 0.456 e. The predicted octanol–water partition coefficient (Wildman–Crippen LogP) is 12.7. The van der Waals surface area contributed by atoms with Crippen molar-refractivity contribution in [2.45, 2.75) is 0 Å². The summed E-state index contributed by atoms with van der Waals surface area (Å²) in [5.74, 6) is 0. The van der Waals surface area contributed by atoms with Gasteiger partial charge in [0.1, 0.15) is 22.6 Å². The minimum Gasteiger partial charge on any atom is -0.456 e. The number of nitrogens with zero attached hydrogens (tertiary/aromatic N) is 5. The first-order valence-electron chi connectivity index (χ1n) is 18.8. The maximum Gasteiger partial charge on any atom is 0.137 e. The lowest BCUT2D eigenvalue weighted by atomic mass is 10.0. The van der Waals surface area contributed by atoms with Crippen molar-refractivity contribution in [2.75, 3.05) is 0 Å². The third-order valence-corrected chi connectivity index (χ3v) is 11.2. The molecule has 0 bridgehead atoms. The van der Waals surface area contributed by atoms with E-state index in [4.69, 9.17) is 14.7 Å². The second-order valence-electron chi connectivity index (χ2n) is 14.3. The summed E-state index contributed by atoms with van der Waals surface area (Å²) in [4.78, 5) is 0. The van der Waals surface area contributed by atoms with Crippen LogP contribution in [0.25, 0.3) is 105 Å². The molecule has 12 aromatic rings. The summed E-state index contributed by atoms with van der Waals surface area (Å²) < 4.78 is 13.2. The first-order chi connectivity index (χ1) is 27.8. The van der Waals surface area contributed by atoms with E-state index < -0.39 is 0 Å². The zero-order chi connectivity index (χ0) is 36.7. The lowest BCUT2D eigenvalue weighted by Crippen LogP contribution is -2.03. The minimum absolute atomic E-state index is 0.841. The van der Waals surface area contributed by atoms with Gasteiger partial charge in [0.25, 0.3) is 0 Å². The Bertz CT molecular complexity index is 3420. The van der Waals surface area contributed by atoms with E-state index in [2.05, 4.69) is 149 Å². The SMILES string of the molecule is c1ccc(-c2nnn(-c3ccccc3)c2-c2ccc3c(c2)c2ccccc2n3-c2ccccc2-n2c3ccccc3c3cc4c(cc32)oc2ccccc24)cc1. The van der Waals surface area contributed by atoms with Crippen molar-refractivity contribution < 1.29 is 4.42 Å². The molecule has 0 spiro atoms. The first-order valence-corrected chi connectivity index (χ1v) is 18.8. The van der Waals surface area contributed by atoms with E-state index in [0.29, 0.717) is 0 Å². The number of fused-ring (bicyclic) bond motifs is 9. The van der Waals surface area contributed by atoms with Crippen molar-refractivity contribution >= 4 is 65.6 Å². The molecule has 0 aliphatic rings. The lowest BCUT2D eigenvalue weighted by molar-refractivity contribution is 0.669. The number of para-hydroxylation sites is 6. The van der Waals surface area contributed by atoms with E-state index in [9.17, 15) is 0 Å². The molecule has 262 valence electrons. The summed E-state index contributed by atoms with van der Waals surface area (Å²) in [6.45, 7) is 0. The van der Waals surface area contributed by atoms with Gasteiger partial charge in [0, 0.05) is 49.5 Å². The topological polar surface area (TPSA) is 53.7 Å². The van der Waals surface area contributed by atoms with Gasteiger partial charge in [-0.1, -0.05) is 127 Å². The Morgan fingerprint density at radius 2 is 0.946 bits per heavy atom. The van der Waals surface area contributed by atoms with Crippen LogP contribution in [0.5, 0.6) is 0 Å². The molecule has 0 N–H and O–H groups in total. The van der Waals surface area contributed by atoms with Gasteiger partial charge in [0.05, 0.1) is 39.1 Å². The van der Waals surface area contributed by atoms with Crippen molar-refractivity contribution in [3.8, 4) is 39.6 Å². The molecule has 0 saturated carbocycles. The molecular weight excluding hydrogens is 687 g/mol. The molecule has 4 aromatic heterocycles. The molecule has 0 aliphatic carbocycles. The molecule has 0 saturated heterocycles. The first kappa shape index (κ1) is 30.7. The minimum atomic E-state index is 0.841. The van der Waals surface area contributed by atoms with Crippen molar-refractivity contribution in [3.63, 3.8) is 0 Å². The van der Waals surface area contributed by atoms with E-state index in [0.717, 1.165) is 89.0 Å². The number of aromatic nitrogens is 5. The van der Waals surface area contributed by atoms with Gasteiger partial charge < -0.3 is 13.6 Å². The molecule has 6 heteroatoms. The summed E-state index contributed by atoms with van der Waals surface area (Å²) in [6.07, 6.45) is 0. The van der Waals surface area contributed by atoms with Crippen molar-refractivity contribution in [1.82, 2.24) is 24.1 Å². The Balaban J connectivity index is 1.12. The van der Waals surface area contributed by atoms with Crippen LogP contribution in [0.2, 0.25) is 0 Å². The number of benzene rings is 8. The highest BCUT2D eigenvalue weighted by Gasteiger charge is 2.23. The summed E-state index contributed by atoms with van der Waals surface area (Å²) >= 11 is 0. The van der Waals surface area contributed by atoms with Crippen LogP contribution in [0.15, 0.2) is 192 Å². The second-order valence-corrected chi connectivity index (χ2v) is 14.3. The normalized spacial score (nSPS) is 11.9. The van der Waals surface area contributed by atoms with Crippen LogP contribution in [0.1, 0.15) is 0 Å². The van der Waals surface area contributed by atoms with Gasteiger partial charge >= 0.3 is 0 Å². The number of hydrogen-bond acceptors (Lipinski definition) is 3.